The van der Waals surface area contributed by atoms with Crippen molar-refractivity contribution in [3.05, 3.63) is 107 Å². The first-order valence-corrected chi connectivity index (χ1v) is 9.67. The molecule has 0 spiro atoms. The van der Waals surface area contributed by atoms with Gasteiger partial charge in [0.25, 0.3) is 11.8 Å². The summed E-state index contributed by atoms with van der Waals surface area (Å²) in [6.45, 7) is 2.34. The number of aryl methyl sites for hydroxylation is 1. The summed E-state index contributed by atoms with van der Waals surface area (Å²) in [5, 5.41) is 3.21. The molecule has 1 heterocycles. The molecule has 1 aliphatic heterocycles. The lowest BCUT2D eigenvalue weighted by Gasteiger charge is -2.15. The second kappa shape index (κ2) is 8.15. The molecule has 1 N–H and O–H groups in total. The molecule has 144 valence electrons. The Morgan fingerprint density at radius 3 is 2.17 bits per heavy atom. The van der Waals surface area contributed by atoms with E-state index in [2.05, 4.69) is 5.32 Å². The number of benzene rings is 3. The van der Waals surface area contributed by atoms with Crippen molar-refractivity contribution in [3.8, 4) is 0 Å². The lowest BCUT2D eigenvalue weighted by atomic mass is 10.0. The van der Waals surface area contributed by atoms with Gasteiger partial charge in [-0.15, -0.1) is 0 Å². The number of nitrogens with zero attached hydrogens (tertiary/aromatic N) is 1. The molecule has 4 rings (SSSR count). The molecule has 0 atom stereocenters. The van der Waals surface area contributed by atoms with Crippen LogP contribution in [0.4, 0.5) is 5.69 Å². The Morgan fingerprint density at radius 2 is 1.48 bits per heavy atom. The van der Waals surface area contributed by atoms with Gasteiger partial charge in [-0.25, -0.2) is 0 Å². The Bertz CT molecular complexity index is 1070. The molecule has 0 fully saturated rings. The SMILES string of the molecule is Cc1cccc(NC2=C(c3ccccc3)C(=O)N(CCc3ccccc3)C2=O)c1. The van der Waals surface area contributed by atoms with Crippen molar-refractivity contribution >= 4 is 23.1 Å². The number of nitrogens with one attached hydrogen (secondary N) is 1. The summed E-state index contributed by atoms with van der Waals surface area (Å²) in [4.78, 5) is 27.7. The Morgan fingerprint density at radius 1 is 0.793 bits per heavy atom. The fourth-order valence-electron chi connectivity index (χ4n) is 3.52. The number of hydrogen-bond donors (Lipinski definition) is 1. The third-order valence-corrected chi connectivity index (χ3v) is 4.98. The average molecular weight is 382 g/mol. The summed E-state index contributed by atoms with van der Waals surface area (Å²) in [7, 11) is 0. The van der Waals surface area contributed by atoms with E-state index < -0.39 is 0 Å². The highest BCUT2D eigenvalue weighted by molar-refractivity contribution is 6.36. The highest BCUT2D eigenvalue weighted by Gasteiger charge is 2.38. The van der Waals surface area contributed by atoms with Gasteiger partial charge < -0.3 is 5.32 Å². The maximum Gasteiger partial charge on any atom is 0.278 e. The minimum absolute atomic E-state index is 0.257. The van der Waals surface area contributed by atoms with E-state index in [0.717, 1.165) is 22.4 Å². The van der Waals surface area contributed by atoms with E-state index in [0.29, 0.717) is 24.2 Å². The van der Waals surface area contributed by atoms with Gasteiger partial charge in [-0.05, 0) is 42.2 Å². The fourth-order valence-corrected chi connectivity index (χ4v) is 3.52. The monoisotopic (exact) mass is 382 g/mol. The minimum atomic E-state index is -0.286. The van der Waals surface area contributed by atoms with Crippen LogP contribution >= 0.6 is 0 Å². The third-order valence-electron chi connectivity index (χ3n) is 4.98. The molecule has 0 aromatic heterocycles. The Hall–Kier alpha value is -3.66. The van der Waals surface area contributed by atoms with Crippen LogP contribution in [-0.2, 0) is 16.0 Å². The van der Waals surface area contributed by atoms with Gasteiger partial charge in [0.05, 0.1) is 5.57 Å². The highest BCUT2D eigenvalue weighted by Crippen LogP contribution is 2.30. The zero-order chi connectivity index (χ0) is 20.2. The molecule has 1 aliphatic rings. The third kappa shape index (κ3) is 3.97. The van der Waals surface area contributed by atoms with E-state index in [4.69, 9.17) is 0 Å². The molecule has 4 heteroatoms. The van der Waals surface area contributed by atoms with Crippen molar-refractivity contribution in [2.24, 2.45) is 0 Å². The molecule has 0 aliphatic carbocycles. The second-order valence-corrected chi connectivity index (χ2v) is 7.11. The maximum absolute atomic E-state index is 13.2. The first-order chi connectivity index (χ1) is 14.1. The van der Waals surface area contributed by atoms with Crippen LogP contribution in [0.5, 0.6) is 0 Å². The van der Waals surface area contributed by atoms with Crippen molar-refractivity contribution in [2.75, 3.05) is 11.9 Å². The number of imide groups is 1. The van der Waals surface area contributed by atoms with E-state index in [1.54, 1.807) is 0 Å². The van der Waals surface area contributed by atoms with Crippen LogP contribution in [0.15, 0.2) is 90.6 Å². The van der Waals surface area contributed by atoms with Crippen molar-refractivity contribution < 1.29 is 9.59 Å². The van der Waals surface area contributed by atoms with Crippen molar-refractivity contribution in [1.29, 1.82) is 0 Å². The Kier molecular flexibility index (Phi) is 5.25. The summed E-state index contributed by atoms with van der Waals surface area (Å²) in [6, 6.07) is 27.0. The molecule has 0 saturated carbocycles. The van der Waals surface area contributed by atoms with E-state index in [-0.39, 0.29) is 11.8 Å². The molecule has 0 bridgehead atoms. The van der Waals surface area contributed by atoms with Crippen molar-refractivity contribution in [3.63, 3.8) is 0 Å². The van der Waals surface area contributed by atoms with E-state index in [1.807, 2.05) is 91.9 Å². The van der Waals surface area contributed by atoms with E-state index >= 15 is 0 Å². The van der Waals surface area contributed by atoms with Crippen LogP contribution in [-0.4, -0.2) is 23.3 Å². The summed E-state index contributed by atoms with van der Waals surface area (Å²) in [5.74, 6) is -0.543. The van der Waals surface area contributed by atoms with Gasteiger partial charge in [0.15, 0.2) is 0 Å². The first-order valence-electron chi connectivity index (χ1n) is 9.67. The molecule has 2 amide bonds. The molecule has 3 aromatic carbocycles. The molecular formula is C25H22N2O2. The topological polar surface area (TPSA) is 49.4 Å². The van der Waals surface area contributed by atoms with Gasteiger partial charge in [0.1, 0.15) is 5.70 Å². The van der Waals surface area contributed by atoms with Gasteiger partial charge in [-0.2, -0.15) is 0 Å². The van der Waals surface area contributed by atoms with Gasteiger partial charge in [0, 0.05) is 12.2 Å². The van der Waals surface area contributed by atoms with Crippen LogP contribution in [0.2, 0.25) is 0 Å². The van der Waals surface area contributed by atoms with Crippen LogP contribution in [0, 0.1) is 6.92 Å². The standard InChI is InChI=1S/C25H22N2O2/c1-18-9-8-14-21(17-18)26-23-22(20-12-6-3-7-13-20)24(28)27(25(23)29)16-15-19-10-4-2-5-11-19/h2-14,17,26H,15-16H2,1H3. The Labute approximate surface area is 170 Å². The zero-order valence-corrected chi connectivity index (χ0v) is 16.3. The predicted molar refractivity (Wildman–Crippen MR) is 115 cm³/mol. The maximum atomic E-state index is 13.2. The number of rotatable bonds is 6. The first kappa shape index (κ1) is 18.7. The summed E-state index contributed by atoms with van der Waals surface area (Å²) in [5.41, 5.74) is 4.46. The number of carbonyl (C=O) groups excluding carboxylic acids is 2. The smallest absolute Gasteiger partial charge is 0.278 e. The predicted octanol–water partition coefficient (Wildman–Crippen LogP) is 4.43. The summed E-state index contributed by atoms with van der Waals surface area (Å²) >= 11 is 0. The van der Waals surface area contributed by atoms with E-state index in [1.165, 1.54) is 4.90 Å². The molecular weight excluding hydrogens is 360 g/mol. The van der Waals surface area contributed by atoms with Crippen LogP contribution in [0.3, 0.4) is 0 Å². The van der Waals surface area contributed by atoms with Gasteiger partial charge in [-0.1, -0.05) is 72.8 Å². The Balaban J connectivity index is 1.66. The minimum Gasteiger partial charge on any atom is -0.350 e. The largest absolute Gasteiger partial charge is 0.350 e. The molecule has 3 aromatic rings. The number of amides is 2. The molecule has 0 unspecified atom stereocenters. The van der Waals surface area contributed by atoms with Crippen LogP contribution in [0.1, 0.15) is 16.7 Å². The fraction of sp³-hybridized carbons (Fsp3) is 0.120. The van der Waals surface area contributed by atoms with Crippen LogP contribution in [0.25, 0.3) is 5.57 Å². The molecule has 0 radical (unpaired) electrons. The molecule has 29 heavy (non-hydrogen) atoms. The normalized spacial score (nSPS) is 13.9. The lowest BCUT2D eigenvalue weighted by Crippen LogP contribution is -2.34. The summed E-state index contributed by atoms with van der Waals surface area (Å²) < 4.78 is 0. The highest BCUT2D eigenvalue weighted by atomic mass is 16.2. The van der Waals surface area contributed by atoms with Gasteiger partial charge >= 0.3 is 0 Å². The van der Waals surface area contributed by atoms with Gasteiger partial charge in [0.2, 0.25) is 0 Å². The molecule has 0 saturated heterocycles. The van der Waals surface area contributed by atoms with E-state index in [9.17, 15) is 9.59 Å². The average Bonchev–Trinajstić information content (AvgIpc) is 2.97. The lowest BCUT2D eigenvalue weighted by molar-refractivity contribution is -0.136. The summed E-state index contributed by atoms with van der Waals surface area (Å²) in [6.07, 6.45) is 0.623. The van der Waals surface area contributed by atoms with Crippen molar-refractivity contribution in [2.45, 2.75) is 13.3 Å². The zero-order valence-electron chi connectivity index (χ0n) is 16.3. The number of carbonyl (C=O) groups is 2. The van der Waals surface area contributed by atoms with Crippen LogP contribution < -0.4 is 5.32 Å². The molecule has 4 nitrogen and oxygen atoms in total. The number of anilines is 1. The second-order valence-electron chi connectivity index (χ2n) is 7.11. The quantitative estimate of drug-likeness (QED) is 0.642. The van der Waals surface area contributed by atoms with Gasteiger partial charge in [-0.3, -0.25) is 14.5 Å². The number of hydrogen-bond acceptors (Lipinski definition) is 3. The van der Waals surface area contributed by atoms with Crippen molar-refractivity contribution in [1.82, 2.24) is 4.90 Å².